The monoisotopic (exact) mass is 282 g/mol. The molecule has 2 aliphatic rings. The Morgan fingerprint density at radius 1 is 1.30 bits per heavy atom. The van der Waals surface area contributed by atoms with Gasteiger partial charge < -0.3 is 14.5 Å². The lowest BCUT2D eigenvalue weighted by Gasteiger charge is -2.37. The fourth-order valence-corrected chi connectivity index (χ4v) is 2.64. The van der Waals surface area contributed by atoms with Crippen LogP contribution in [-0.4, -0.2) is 58.9 Å². The number of ketones is 1. The molecule has 0 unspecified atom stereocenters. The van der Waals surface area contributed by atoms with Crippen LogP contribution in [0.3, 0.4) is 0 Å². The Kier molecular flexibility index (Phi) is 4.01. The number of amides is 2. The Labute approximate surface area is 119 Å². The van der Waals surface area contributed by atoms with Crippen molar-refractivity contribution < 1.29 is 19.1 Å². The lowest BCUT2D eigenvalue weighted by molar-refractivity contribution is -0.130. The first-order chi connectivity index (χ1) is 9.26. The fraction of sp³-hybridized carbons (Fsp3) is 0.786. The fourth-order valence-electron chi connectivity index (χ4n) is 2.64. The average molecular weight is 282 g/mol. The van der Waals surface area contributed by atoms with E-state index in [1.54, 1.807) is 9.80 Å². The average Bonchev–Trinajstić information content (AvgIpc) is 2.66. The summed E-state index contributed by atoms with van der Waals surface area (Å²) in [6.07, 6.45) is 1.31. The number of Topliss-reactive ketones (excluding diaryl/α,β-unsaturated/α-hetero) is 1. The van der Waals surface area contributed by atoms with Gasteiger partial charge in [0.1, 0.15) is 5.60 Å². The van der Waals surface area contributed by atoms with Crippen molar-refractivity contribution in [1.82, 2.24) is 9.80 Å². The van der Waals surface area contributed by atoms with Gasteiger partial charge in [-0.15, -0.1) is 0 Å². The number of piperidine rings is 1. The molecule has 2 heterocycles. The van der Waals surface area contributed by atoms with Gasteiger partial charge in [-0.2, -0.15) is 0 Å². The molecular formula is C14H22N2O4. The Balaban J connectivity index is 1.97. The smallest absolute Gasteiger partial charge is 0.410 e. The Morgan fingerprint density at radius 3 is 2.55 bits per heavy atom. The van der Waals surface area contributed by atoms with Gasteiger partial charge in [-0.1, -0.05) is 0 Å². The van der Waals surface area contributed by atoms with E-state index in [4.69, 9.17) is 4.74 Å². The highest BCUT2D eigenvalue weighted by molar-refractivity contribution is 6.05. The SMILES string of the molecule is CC(C)(C)OC(=O)N1CCC[C@@H](N2CC(=O)CC2=O)C1. The molecule has 6 nitrogen and oxygen atoms in total. The lowest BCUT2D eigenvalue weighted by atomic mass is 10.0. The highest BCUT2D eigenvalue weighted by atomic mass is 16.6. The number of rotatable bonds is 1. The summed E-state index contributed by atoms with van der Waals surface area (Å²) in [7, 11) is 0. The predicted molar refractivity (Wildman–Crippen MR) is 72.2 cm³/mol. The number of nitrogens with zero attached hydrogens (tertiary/aromatic N) is 2. The first kappa shape index (κ1) is 14.8. The number of carbonyl (C=O) groups is 3. The summed E-state index contributed by atoms with van der Waals surface area (Å²) in [4.78, 5) is 38.4. The van der Waals surface area contributed by atoms with Crippen LogP contribution in [0.2, 0.25) is 0 Å². The van der Waals surface area contributed by atoms with Gasteiger partial charge in [0.25, 0.3) is 0 Å². The van der Waals surface area contributed by atoms with Gasteiger partial charge in [0.05, 0.1) is 13.0 Å². The van der Waals surface area contributed by atoms with Crippen molar-refractivity contribution in [3.05, 3.63) is 0 Å². The second kappa shape index (κ2) is 5.42. The first-order valence-corrected chi connectivity index (χ1v) is 7.05. The van der Waals surface area contributed by atoms with Crippen LogP contribution < -0.4 is 0 Å². The molecule has 0 saturated carbocycles. The van der Waals surface area contributed by atoms with Gasteiger partial charge in [-0.25, -0.2) is 4.79 Å². The zero-order valence-electron chi connectivity index (χ0n) is 12.3. The third-order valence-corrected chi connectivity index (χ3v) is 3.50. The minimum atomic E-state index is -0.524. The van der Waals surface area contributed by atoms with Crippen LogP contribution in [0.4, 0.5) is 4.79 Å². The van der Waals surface area contributed by atoms with Crippen LogP contribution in [-0.2, 0) is 14.3 Å². The minimum absolute atomic E-state index is 0.00291. The molecule has 2 amide bonds. The molecule has 0 aromatic rings. The summed E-state index contributed by atoms with van der Waals surface area (Å²) >= 11 is 0. The summed E-state index contributed by atoms with van der Waals surface area (Å²) < 4.78 is 5.35. The predicted octanol–water partition coefficient (Wildman–Crippen LogP) is 1.19. The van der Waals surface area contributed by atoms with E-state index in [-0.39, 0.29) is 36.8 Å². The molecule has 112 valence electrons. The Bertz CT molecular complexity index is 427. The highest BCUT2D eigenvalue weighted by Gasteiger charge is 2.37. The molecule has 2 fully saturated rings. The van der Waals surface area contributed by atoms with Crippen molar-refractivity contribution in [2.45, 2.75) is 51.7 Å². The van der Waals surface area contributed by atoms with Gasteiger partial charge in [0, 0.05) is 19.1 Å². The first-order valence-electron chi connectivity index (χ1n) is 7.05. The minimum Gasteiger partial charge on any atom is -0.444 e. The number of ether oxygens (including phenoxy) is 1. The third-order valence-electron chi connectivity index (χ3n) is 3.50. The second-order valence-corrected chi connectivity index (χ2v) is 6.46. The van der Waals surface area contributed by atoms with Crippen LogP contribution in [0.5, 0.6) is 0 Å². The molecule has 0 spiro atoms. The van der Waals surface area contributed by atoms with E-state index in [0.717, 1.165) is 12.8 Å². The number of carbonyl (C=O) groups excluding carboxylic acids is 3. The van der Waals surface area contributed by atoms with E-state index in [0.29, 0.717) is 13.1 Å². The maximum Gasteiger partial charge on any atom is 0.410 e. The van der Waals surface area contributed by atoms with Gasteiger partial charge in [-0.05, 0) is 33.6 Å². The van der Waals surface area contributed by atoms with Crippen LogP contribution >= 0.6 is 0 Å². The van der Waals surface area contributed by atoms with E-state index in [1.807, 2.05) is 20.8 Å². The zero-order chi connectivity index (χ0) is 14.9. The molecule has 20 heavy (non-hydrogen) atoms. The van der Waals surface area contributed by atoms with Crippen molar-refractivity contribution in [2.75, 3.05) is 19.6 Å². The van der Waals surface area contributed by atoms with Crippen molar-refractivity contribution in [1.29, 1.82) is 0 Å². The quantitative estimate of drug-likeness (QED) is 0.677. The van der Waals surface area contributed by atoms with E-state index in [2.05, 4.69) is 0 Å². The zero-order valence-corrected chi connectivity index (χ0v) is 12.3. The summed E-state index contributed by atoms with van der Waals surface area (Å²) in [5, 5.41) is 0. The largest absolute Gasteiger partial charge is 0.444 e. The summed E-state index contributed by atoms with van der Waals surface area (Å²) in [6, 6.07) is -0.0600. The molecule has 2 saturated heterocycles. The summed E-state index contributed by atoms with van der Waals surface area (Å²) in [6.45, 7) is 6.76. The highest BCUT2D eigenvalue weighted by Crippen LogP contribution is 2.21. The number of likely N-dealkylation sites (tertiary alicyclic amines) is 2. The molecule has 0 bridgehead atoms. The lowest BCUT2D eigenvalue weighted by Crippen LogP contribution is -2.51. The molecule has 0 aliphatic carbocycles. The third kappa shape index (κ3) is 3.49. The molecule has 2 rings (SSSR count). The summed E-state index contributed by atoms with van der Waals surface area (Å²) in [5.74, 6) is -0.157. The van der Waals surface area contributed by atoms with Gasteiger partial charge in [-0.3, -0.25) is 9.59 Å². The molecule has 1 atom stereocenters. The van der Waals surface area contributed by atoms with Crippen molar-refractivity contribution in [3.8, 4) is 0 Å². The molecular weight excluding hydrogens is 260 g/mol. The standard InChI is InChI=1S/C14H22N2O4/c1-14(2,3)20-13(19)15-6-4-5-10(8-15)16-9-11(17)7-12(16)18/h10H,4-9H2,1-3H3/t10-/m1/s1. The van der Waals surface area contributed by atoms with Crippen LogP contribution in [0.25, 0.3) is 0 Å². The van der Waals surface area contributed by atoms with Crippen LogP contribution in [0.15, 0.2) is 0 Å². The van der Waals surface area contributed by atoms with Crippen LogP contribution in [0, 0.1) is 0 Å². The molecule has 2 aliphatic heterocycles. The van der Waals surface area contributed by atoms with Gasteiger partial charge in [0.15, 0.2) is 5.78 Å². The van der Waals surface area contributed by atoms with Crippen molar-refractivity contribution in [2.24, 2.45) is 0 Å². The van der Waals surface area contributed by atoms with Crippen molar-refractivity contribution >= 4 is 17.8 Å². The maximum absolute atomic E-state index is 12.1. The van der Waals surface area contributed by atoms with E-state index in [1.165, 1.54) is 0 Å². The Hall–Kier alpha value is -1.59. The molecule has 6 heteroatoms. The van der Waals surface area contributed by atoms with E-state index >= 15 is 0 Å². The van der Waals surface area contributed by atoms with Crippen molar-refractivity contribution in [3.63, 3.8) is 0 Å². The molecule has 0 aromatic heterocycles. The van der Waals surface area contributed by atoms with Gasteiger partial charge in [0.2, 0.25) is 5.91 Å². The molecule has 0 radical (unpaired) electrons. The Morgan fingerprint density at radius 2 is 2.00 bits per heavy atom. The van der Waals surface area contributed by atoms with Gasteiger partial charge >= 0.3 is 6.09 Å². The molecule has 0 aromatic carbocycles. The second-order valence-electron chi connectivity index (χ2n) is 6.46. The normalized spacial score (nSPS) is 24.2. The van der Waals surface area contributed by atoms with Crippen LogP contribution in [0.1, 0.15) is 40.0 Å². The number of hydrogen-bond donors (Lipinski definition) is 0. The van der Waals surface area contributed by atoms with E-state index < -0.39 is 5.60 Å². The van der Waals surface area contributed by atoms with E-state index in [9.17, 15) is 14.4 Å². The number of hydrogen-bond acceptors (Lipinski definition) is 4. The topological polar surface area (TPSA) is 66.9 Å². The maximum atomic E-state index is 12.1. The molecule has 0 N–H and O–H groups in total. The summed E-state index contributed by atoms with van der Waals surface area (Å²) in [5.41, 5.74) is -0.524.